The average molecular weight is 541 g/mol. The predicted octanol–water partition coefficient (Wildman–Crippen LogP) is 4.74. The van der Waals surface area contributed by atoms with E-state index in [-0.39, 0.29) is 29.9 Å². The number of halogens is 1. The van der Waals surface area contributed by atoms with Gasteiger partial charge in [0.2, 0.25) is 5.89 Å². The van der Waals surface area contributed by atoms with E-state index in [9.17, 15) is 0 Å². The van der Waals surface area contributed by atoms with Gasteiger partial charge in [0.1, 0.15) is 5.75 Å². The molecule has 1 heterocycles. The maximum Gasteiger partial charge on any atom is 0.226 e. The van der Waals surface area contributed by atoms with Crippen LogP contribution in [0, 0.1) is 6.92 Å². The lowest BCUT2D eigenvalue weighted by Crippen LogP contribution is -2.37. The van der Waals surface area contributed by atoms with Crippen molar-refractivity contribution in [1.29, 1.82) is 0 Å². The molecular formula is C23H36IN5O2. The molecule has 1 aromatic heterocycles. The highest BCUT2D eigenvalue weighted by Crippen LogP contribution is 2.27. The van der Waals surface area contributed by atoms with E-state index in [4.69, 9.17) is 9.26 Å². The Morgan fingerprint density at radius 2 is 2.03 bits per heavy atom. The summed E-state index contributed by atoms with van der Waals surface area (Å²) in [5.41, 5.74) is 2.37. The van der Waals surface area contributed by atoms with Crippen molar-refractivity contribution in [3.63, 3.8) is 0 Å². The number of aryl methyl sites for hydroxylation is 2. The summed E-state index contributed by atoms with van der Waals surface area (Å²) in [4.78, 5) is 8.74. The summed E-state index contributed by atoms with van der Waals surface area (Å²) in [6.45, 7) is 7.67. The zero-order valence-electron chi connectivity index (χ0n) is 19.1. The van der Waals surface area contributed by atoms with Gasteiger partial charge in [0.05, 0.1) is 6.10 Å². The van der Waals surface area contributed by atoms with Crippen LogP contribution in [-0.2, 0) is 13.0 Å². The predicted molar refractivity (Wildman–Crippen MR) is 134 cm³/mol. The molecule has 8 heteroatoms. The summed E-state index contributed by atoms with van der Waals surface area (Å²) in [6.07, 6.45) is 6.84. The smallest absolute Gasteiger partial charge is 0.226 e. The van der Waals surface area contributed by atoms with Crippen molar-refractivity contribution in [2.45, 2.75) is 77.9 Å². The standard InChI is InChI=1S/C23H35N5O2.HI/c1-16(2)22-27-21(30-28-22)10-7-13-25-23(24-4)26-15-18-12-11-17(3)14-20(18)29-19-8-5-6-9-19;/h11-12,14,16,19H,5-10,13,15H2,1-4H3,(H2,24,25,26);1H. The molecule has 2 N–H and O–H groups in total. The Kier molecular flexibility index (Phi) is 10.6. The molecule has 0 bridgehead atoms. The van der Waals surface area contributed by atoms with Crippen LogP contribution in [0.5, 0.6) is 5.75 Å². The van der Waals surface area contributed by atoms with E-state index in [0.717, 1.165) is 55.3 Å². The second kappa shape index (κ2) is 12.9. The van der Waals surface area contributed by atoms with Crippen LogP contribution in [0.1, 0.15) is 74.7 Å². The van der Waals surface area contributed by atoms with Crippen LogP contribution in [0.3, 0.4) is 0 Å². The lowest BCUT2D eigenvalue weighted by atomic mass is 10.1. The molecule has 1 aliphatic carbocycles. The van der Waals surface area contributed by atoms with Crippen molar-refractivity contribution < 1.29 is 9.26 Å². The van der Waals surface area contributed by atoms with Crippen LogP contribution in [0.15, 0.2) is 27.7 Å². The third kappa shape index (κ3) is 7.97. The number of benzene rings is 1. The first-order valence-electron chi connectivity index (χ1n) is 11.1. The quantitative estimate of drug-likeness (QED) is 0.207. The van der Waals surface area contributed by atoms with E-state index in [1.807, 2.05) is 0 Å². The van der Waals surface area contributed by atoms with E-state index in [1.165, 1.54) is 18.4 Å². The van der Waals surface area contributed by atoms with Crippen LogP contribution in [0.4, 0.5) is 0 Å². The molecule has 31 heavy (non-hydrogen) atoms. The molecule has 1 fully saturated rings. The van der Waals surface area contributed by atoms with Gasteiger partial charge in [-0.05, 0) is 50.7 Å². The van der Waals surface area contributed by atoms with Crippen molar-refractivity contribution in [1.82, 2.24) is 20.8 Å². The van der Waals surface area contributed by atoms with Crippen LogP contribution in [0.2, 0.25) is 0 Å². The number of hydrogen-bond acceptors (Lipinski definition) is 5. The van der Waals surface area contributed by atoms with Gasteiger partial charge >= 0.3 is 0 Å². The minimum Gasteiger partial charge on any atom is -0.490 e. The van der Waals surface area contributed by atoms with Crippen molar-refractivity contribution in [2.24, 2.45) is 4.99 Å². The topological polar surface area (TPSA) is 84.6 Å². The van der Waals surface area contributed by atoms with Gasteiger partial charge in [0.15, 0.2) is 11.8 Å². The van der Waals surface area contributed by atoms with Gasteiger partial charge in [0.25, 0.3) is 0 Å². The summed E-state index contributed by atoms with van der Waals surface area (Å²) < 4.78 is 11.6. The van der Waals surface area contributed by atoms with E-state index in [2.05, 4.69) is 64.7 Å². The zero-order valence-corrected chi connectivity index (χ0v) is 21.4. The molecule has 0 saturated heterocycles. The lowest BCUT2D eigenvalue weighted by molar-refractivity contribution is 0.207. The summed E-state index contributed by atoms with van der Waals surface area (Å²) in [7, 11) is 1.79. The molecule has 0 atom stereocenters. The van der Waals surface area contributed by atoms with Gasteiger partial charge in [-0.3, -0.25) is 4.99 Å². The Balaban J connectivity index is 0.00000341. The average Bonchev–Trinajstić information content (AvgIpc) is 3.41. The molecule has 1 aliphatic rings. The second-order valence-corrected chi connectivity index (χ2v) is 8.29. The molecule has 2 aromatic rings. The largest absolute Gasteiger partial charge is 0.490 e. The van der Waals surface area contributed by atoms with E-state index < -0.39 is 0 Å². The molecule has 0 unspecified atom stereocenters. The Morgan fingerprint density at radius 1 is 1.26 bits per heavy atom. The summed E-state index contributed by atoms with van der Waals surface area (Å²) in [5, 5.41) is 10.8. The summed E-state index contributed by atoms with van der Waals surface area (Å²) in [5.74, 6) is 3.51. The molecule has 1 saturated carbocycles. The number of aliphatic imine (C=N–C) groups is 1. The number of rotatable bonds is 9. The highest BCUT2D eigenvalue weighted by Gasteiger charge is 2.18. The van der Waals surface area contributed by atoms with Gasteiger partial charge in [-0.15, -0.1) is 24.0 Å². The van der Waals surface area contributed by atoms with Crippen LogP contribution >= 0.6 is 24.0 Å². The fourth-order valence-corrected chi connectivity index (χ4v) is 3.55. The minimum absolute atomic E-state index is 0. The molecule has 0 spiro atoms. The van der Waals surface area contributed by atoms with Gasteiger partial charge in [-0.1, -0.05) is 31.1 Å². The number of nitrogens with zero attached hydrogens (tertiary/aromatic N) is 3. The summed E-state index contributed by atoms with van der Waals surface area (Å²) >= 11 is 0. The molecule has 0 aliphatic heterocycles. The molecule has 0 radical (unpaired) electrons. The van der Waals surface area contributed by atoms with Gasteiger partial charge in [-0.2, -0.15) is 4.98 Å². The molecule has 7 nitrogen and oxygen atoms in total. The molecule has 172 valence electrons. The Hall–Kier alpha value is -1.84. The van der Waals surface area contributed by atoms with Gasteiger partial charge in [-0.25, -0.2) is 0 Å². The highest BCUT2D eigenvalue weighted by molar-refractivity contribution is 14.0. The monoisotopic (exact) mass is 541 g/mol. The first-order valence-corrected chi connectivity index (χ1v) is 11.1. The molecule has 3 rings (SSSR count). The minimum atomic E-state index is 0. The fraction of sp³-hybridized carbons (Fsp3) is 0.609. The molecule has 1 aromatic carbocycles. The van der Waals surface area contributed by atoms with Crippen molar-refractivity contribution >= 4 is 29.9 Å². The van der Waals surface area contributed by atoms with E-state index >= 15 is 0 Å². The van der Waals surface area contributed by atoms with Gasteiger partial charge < -0.3 is 19.9 Å². The Morgan fingerprint density at radius 3 is 2.71 bits per heavy atom. The zero-order chi connectivity index (χ0) is 21.3. The lowest BCUT2D eigenvalue weighted by Gasteiger charge is -2.18. The summed E-state index contributed by atoms with van der Waals surface area (Å²) in [6, 6.07) is 6.41. The molecule has 0 amide bonds. The van der Waals surface area contributed by atoms with Crippen LogP contribution < -0.4 is 15.4 Å². The fourth-order valence-electron chi connectivity index (χ4n) is 3.55. The Labute approximate surface area is 202 Å². The SMILES string of the molecule is CN=C(NCCCc1nc(C(C)C)no1)NCc1ccc(C)cc1OC1CCCC1.I. The number of hydrogen-bond donors (Lipinski definition) is 2. The van der Waals surface area contributed by atoms with Crippen LogP contribution in [-0.4, -0.2) is 35.8 Å². The normalized spacial score (nSPS) is 14.5. The maximum absolute atomic E-state index is 6.30. The number of aromatic nitrogens is 2. The number of ether oxygens (including phenoxy) is 1. The number of nitrogens with one attached hydrogen (secondary N) is 2. The molecular weight excluding hydrogens is 505 g/mol. The number of guanidine groups is 1. The third-order valence-corrected chi connectivity index (χ3v) is 5.35. The van der Waals surface area contributed by atoms with Crippen LogP contribution in [0.25, 0.3) is 0 Å². The first-order chi connectivity index (χ1) is 14.5. The van der Waals surface area contributed by atoms with Gasteiger partial charge in [0, 0.05) is 38.0 Å². The highest BCUT2D eigenvalue weighted by atomic mass is 127. The van der Waals surface area contributed by atoms with E-state index in [1.54, 1.807) is 7.05 Å². The second-order valence-electron chi connectivity index (χ2n) is 8.29. The van der Waals surface area contributed by atoms with E-state index in [0.29, 0.717) is 18.5 Å². The maximum atomic E-state index is 6.30. The first kappa shape index (κ1) is 25.4. The Bertz CT molecular complexity index is 831. The van der Waals surface area contributed by atoms with Crippen molar-refractivity contribution in [3.05, 3.63) is 41.0 Å². The van der Waals surface area contributed by atoms with Crippen molar-refractivity contribution in [3.8, 4) is 5.75 Å². The van der Waals surface area contributed by atoms with Crippen molar-refractivity contribution in [2.75, 3.05) is 13.6 Å². The third-order valence-electron chi connectivity index (χ3n) is 5.35.